The minimum absolute atomic E-state index is 0.582. The Morgan fingerprint density at radius 2 is 2.07 bits per heavy atom. The third kappa shape index (κ3) is 3.46. The quantitative estimate of drug-likeness (QED) is 0.754. The molecule has 2 nitrogen and oxygen atoms in total. The summed E-state index contributed by atoms with van der Waals surface area (Å²) in [4.78, 5) is 0. The van der Waals surface area contributed by atoms with Gasteiger partial charge in [0.1, 0.15) is 0 Å². The van der Waals surface area contributed by atoms with Crippen molar-refractivity contribution in [3.63, 3.8) is 0 Å². The van der Waals surface area contributed by atoms with Gasteiger partial charge in [0.25, 0.3) is 0 Å². The fraction of sp³-hybridized carbons (Fsp3) is 1.00. The molecule has 2 fully saturated rings. The second kappa shape index (κ2) is 5.31. The van der Waals surface area contributed by atoms with Crippen LogP contribution >= 0.6 is 0 Å². The molecule has 2 unspecified atom stereocenters. The fourth-order valence-corrected chi connectivity index (χ4v) is 2.59. The van der Waals surface area contributed by atoms with E-state index in [9.17, 15) is 0 Å². The van der Waals surface area contributed by atoms with E-state index in [0.29, 0.717) is 6.10 Å². The minimum atomic E-state index is 0.582. The smallest absolute Gasteiger partial charge is 0.0643 e. The monoisotopic (exact) mass is 211 g/mol. The summed E-state index contributed by atoms with van der Waals surface area (Å²) in [5.41, 5.74) is 0. The van der Waals surface area contributed by atoms with E-state index in [4.69, 9.17) is 4.74 Å². The zero-order valence-electron chi connectivity index (χ0n) is 10.2. The van der Waals surface area contributed by atoms with E-state index in [1.54, 1.807) is 0 Å². The van der Waals surface area contributed by atoms with Crippen LogP contribution in [0.1, 0.15) is 39.5 Å². The van der Waals surface area contributed by atoms with Crippen LogP contribution in [0.4, 0.5) is 0 Å². The zero-order valence-corrected chi connectivity index (χ0v) is 10.2. The molecule has 1 saturated carbocycles. The molecule has 1 saturated heterocycles. The average molecular weight is 211 g/mol. The Morgan fingerprint density at radius 3 is 2.73 bits per heavy atom. The molecule has 0 bridgehead atoms. The van der Waals surface area contributed by atoms with Gasteiger partial charge < -0.3 is 10.1 Å². The molecule has 1 aliphatic heterocycles. The van der Waals surface area contributed by atoms with Crippen molar-refractivity contribution in [1.29, 1.82) is 0 Å². The van der Waals surface area contributed by atoms with Crippen molar-refractivity contribution in [2.45, 2.75) is 45.6 Å². The standard InChI is InChI=1S/C13H25NO/c1-10(2)8-14-9-12-4-3-7-15-13(12)11-5-6-11/h10-14H,3-9H2,1-2H3. The van der Waals surface area contributed by atoms with Crippen LogP contribution in [0, 0.1) is 17.8 Å². The van der Waals surface area contributed by atoms with Crippen LogP contribution in [0.3, 0.4) is 0 Å². The van der Waals surface area contributed by atoms with Gasteiger partial charge in [-0.3, -0.25) is 0 Å². The summed E-state index contributed by atoms with van der Waals surface area (Å²) in [7, 11) is 0. The van der Waals surface area contributed by atoms with Gasteiger partial charge in [-0.15, -0.1) is 0 Å². The van der Waals surface area contributed by atoms with Crippen molar-refractivity contribution in [2.75, 3.05) is 19.7 Å². The van der Waals surface area contributed by atoms with E-state index in [2.05, 4.69) is 19.2 Å². The minimum Gasteiger partial charge on any atom is -0.378 e. The molecule has 15 heavy (non-hydrogen) atoms. The van der Waals surface area contributed by atoms with Crippen LogP contribution in [0.15, 0.2) is 0 Å². The van der Waals surface area contributed by atoms with Crippen LogP contribution in [-0.4, -0.2) is 25.8 Å². The summed E-state index contributed by atoms with van der Waals surface area (Å²) >= 11 is 0. The highest BCUT2D eigenvalue weighted by molar-refractivity contribution is 4.89. The molecule has 0 aromatic rings. The summed E-state index contributed by atoms with van der Waals surface area (Å²) in [6, 6.07) is 0. The molecule has 0 spiro atoms. The Morgan fingerprint density at radius 1 is 1.27 bits per heavy atom. The third-order valence-electron chi connectivity index (χ3n) is 3.54. The molecule has 2 rings (SSSR count). The molecule has 0 radical (unpaired) electrons. The van der Waals surface area contributed by atoms with Crippen molar-refractivity contribution in [1.82, 2.24) is 5.32 Å². The highest BCUT2D eigenvalue weighted by atomic mass is 16.5. The lowest BCUT2D eigenvalue weighted by Crippen LogP contribution is -2.39. The van der Waals surface area contributed by atoms with Gasteiger partial charge in [0.05, 0.1) is 6.10 Å². The van der Waals surface area contributed by atoms with Gasteiger partial charge in [-0.2, -0.15) is 0 Å². The Balaban J connectivity index is 1.72. The average Bonchev–Trinajstić information content (AvgIpc) is 3.01. The zero-order chi connectivity index (χ0) is 10.7. The number of rotatable bonds is 5. The van der Waals surface area contributed by atoms with Crippen molar-refractivity contribution in [3.8, 4) is 0 Å². The molecule has 1 N–H and O–H groups in total. The molecule has 0 aromatic carbocycles. The fourth-order valence-electron chi connectivity index (χ4n) is 2.59. The SMILES string of the molecule is CC(C)CNCC1CCCOC1C1CC1. The predicted octanol–water partition coefficient (Wildman–Crippen LogP) is 2.44. The molecule has 0 amide bonds. The van der Waals surface area contributed by atoms with Crippen LogP contribution in [0.25, 0.3) is 0 Å². The maximum Gasteiger partial charge on any atom is 0.0643 e. The highest BCUT2D eigenvalue weighted by Crippen LogP contribution is 2.40. The van der Waals surface area contributed by atoms with Gasteiger partial charge in [-0.05, 0) is 50.0 Å². The molecule has 2 aliphatic rings. The third-order valence-corrected chi connectivity index (χ3v) is 3.54. The van der Waals surface area contributed by atoms with Gasteiger partial charge in [0.2, 0.25) is 0 Å². The van der Waals surface area contributed by atoms with Gasteiger partial charge >= 0.3 is 0 Å². The Bertz CT molecular complexity index is 189. The second-order valence-electron chi connectivity index (χ2n) is 5.63. The Labute approximate surface area is 93.8 Å². The predicted molar refractivity (Wildman–Crippen MR) is 62.9 cm³/mol. The highest BCUT2D eigenvalue weighted by Gasteiger charge is 2.38. The normalized spacial score (nSPS) is 32.2. The maximum absolute atomic E-state index is 5.93. The lowest BCUT2D eigenvalue weighted by molar-refractivity contribution is -0.0386. The van der Waals surface area contributed by atoms with E-state index in [0.717, 1.165) is 30.9 Å². The maximum atomic E-state index is 5.93. The van der Waals surface area contributed by atoms with Crippen molar-refractivity contribution >= 4 is 0 Å². The lowest BCUT2D eigenvalue weighted by Gasteiger charge is -2.32. The van der Waals surface area contributed by atoms with Crippen LogP contribution < -0.4 is 5.32 Å². The van der Waals surface area contributed by atoms with E-state index in [1.165, 1.54) is 32.2 Å². The van der Waals surface area contributed by atoms with E-state index in [1.807, 2.05) is 0 Å². The lowest BCUT2D eigenvalue weighted by atomic mass is 9.91. The first-order valence-corrected chi connectivity index (χ1v) is 6.59. The van der Waals surface area contributed by atoms with Crippen molar-refractivity contribution in [2.24, 2.45) is 17.8 Å². The summed E-state index contributed by atoms with van der Waals surface area (Å²) in [5.74, 6) is 2.44. The Kier molecular flexibility index (Phi) is 4.04. The van der Waals surface area contributed by atoms with Gasteiger partial charge in [0, 0.05) is 13.2 Å². The first kappa shape index (κ1) is 11.4. The largest absolute Gasteiger partial charge is 0.378 e. The van der Waals surface area contributed by atoms with Crippen molar-refractivity contribution in [3.05, 3.63) is 0 Å². The Hall–Kier alpha value is -0.0800. The summed E-state index contributed by atoms with van der Waals surface area (Å²) in [6.45, 7) is 7.85. The topological polar surface area (TPSA) is 21.3 Å². The summed E-state index contributed by atoms with van der Waals surface area (Å²) in [5, 5.41) is 3.59. The molecule has 2 heteroatoms. The summed E-state index contributed by atoms with van der Waals surface area (Å²) < 4.78 is 5.93. The molecule has 88 valence electrons. The number of hydrogen-bond donors (Lipinski definition) is 1. The van der Waals surface area contributed by atoms with E-state index >= 15 is 0 Å². The van der Waals surface area contributed by atoms with E-state index in [-0.39, 0.29) is 0 Å². The molecule has 1 aliphatic carbocycles. The first-order chi connectivity index (χ1) is 7.27. The van der Waals surface area contributed by atoms with Gasteiger partial charge in [0.15, 0.2) is 0 Å². The molecule has 0 aromatic heterocycles. The summed E-state index contributed by atoms with van der Waals surface area (Å²) in [6.07, 6.45) is 6.03. The van der Waals surface area contributed by atoms with E-state index < -0.39 is 0 Å². The van der Waals surface area contributed by atoms with Gasteiger partial charge in [-0.1, -0.05) is 13.8 Å². The van der Waals surface area contributed by atoms with Crippen LogP contribution in [0.5, 0.6) is 0 Å². The number of ether oxygens (including phenoxy) is 1. The van der Waals surface area contributed by atoms with Crippen LogP contribution in [-0.2, 0) is 4.74 Å². The molecular weight excluding hydrogens is 186 g/mol. The van der Waals surface area contributed by atoms with Crippen LogP contribution in [0.2, 0.25) is 0 Å². The van der Waals surface area contributed by atoms with Crippen molar-refractivity contribution < 1.29 is 4.74 Å². The second-order valence-corrected chi connectivity index (χ2v) is 5.63. The molecule has 1 heterocycles. The van der Waals surface area contributed by atoms with Gasteiger partial charge in [-0.25, -0.2) is 0 Å². The molecule has 2 atom stereocenters. The number of nitrogens with one attached hydrogen (secondary N) is 1. The molecular formula is C13H25NO. The number of hydrogen-bond acceptors (Lipinski definition) is 2. The first-order valence-electron chi connectivity index (χ1n) is 6.59.